The van der Waals surface area contributed by atoms with Gasteiger partial charge in [0.15, 0.2) is 5.76 Å². The van der Waals surface area contributed by atoms with Gasteiger partial charge < -0.3 is 19.0 Å². The number of halogens is 2. The van der Waals surface area contributed by atoms with Gasteiger partial charge >= 0.3 is 5.97 Å². The van der Waals surface area contributed by atoms with Gasteiger partial charge in [0.1, 0.15) is 15.6 Å². The minimum absolute atomic E-state index is 0.0140. The zero-order valence-corrected chi connectivity index (χ0v) is 24.6. The van der Waals surface area contributed by atoms with Gasteiger partial charge in [-0.05, 0) is 88.4 Å². The van der Waals surface area contributed by atoms with E-state index in [-0.39, 0.29) is 34.7 Å². The van der Waals surface area contributed by atoms with Crippen molar-refractivity contribution in [2.75, 3.05) is 11.9 Å². The molecule has 40 heavy (non-hydrogen) atoms. The number of hydrogen-bond donors (Lipinski definition) is 2. The van der Waals surface area contributed by atoms with E-state index in [1.807, 2.05) is 26.0 Å². The molecule has 4 aromatic rings. The number of ether oxygens (including phenoxy) is 1. The lowest BCUT2D eigenvalue weighted by Crippen LogP contribution is -2.21. The van der Waals surface area contributed by atoms with E-state index in [0.717, 1.165) is 47.6 Å². The van der Waals surface area contributed by atoms with Gasteiger partial charge in [0.2, 0.25) is 5.88 Å². The summed E-state index contributed by atoms with van der Waals surface area (Å²) in [6.07, 6.45) is 5.25. The molecule has 0 aliphatic heterocycles. The van der Waals surface area contributed by atoms with Crippen LogP contribution in [-0.2, 0) is 17.6 Å². The summed E-state index contributed by atoms with van der Waals surface area (Å²) in [5.41, 5.74) is 7.14. The second kappa shape index (κ2) is 11.9. The van der Waals surface area contributed by atoms with Gasteiger partial charge in [0, 0.05) is 27.0 Å². The number of rotatable bonds is 8. The van der Waals surface area contributed by atoms with Gasteiger partial charge in [-0.2, -0.15) is 5.10 Å². The fourth-order valence-corrected chi connectivity index (χ4v) is 6.67. The predicted molar refractivity (Wildman–Crippen MR) is 159 cm³/mol. The lowest BCUT2D eigenvalue weighted by atomic mass is 9.95. The lowest BCUT2D eigenvalue weighted by molar-refractivity contribution is 0.0527. The first-order valence-corrected chi connectivity index (χ1v) is 14.5. The summed E-state index contributed by atoms with van der Waals surface area (Å²) < 4.78 is 13.1. The number of hydrogen-bond acceptors (Lipinski definition) is 7. The Labute approximate surface area is 245 Å². The molecular formula is C29H28Cl2N4O4S. The Hall–Kier alpha value is -3.53. The molecule has 1 aromatic carbocycles. The molecule has 11 heteroatoms. The molecule has 2 N–H and O–H groups in total. The molecule has 0 fully saturated rings. The van der Waals surface area contributed by atoms with Gasteiger partial charge in [-0.15, -0.1) is 11.3 Å². The van der Waals surface area contributed by atoms with Crippen LogP contribution < -0.4 is 10.7 Å². The molecule has 3 heterocycles. The second-order valence-corrected chi connectivity index (χ2v) is 11.3. The first kappa shape index (κ1) is 28.0. The Kier molecular flexibility index (Phi) is 8.35. The third-order valence-electron chi connectivity index (χ3n) is 6.66. The van der Waals surface area contributed by atoms with Crippen LogP contribution in [0.3, 0.4) is 0 Å². The monoisotopic (exact) mass is 598 g/mol. The molecule has 5 rings (SSSR count). The molecule has 208 valence electrons. The smallest absolute Gasteiger partial charge is 0.345 e. The minimum atomic E-state index is -0.650. The predicted octanol–water partition coefficient (Wildman–Crippen LogP) is 7.62. The molecule has 1 aliphatic rings. The number of nitrogens with one attached hydrogen (secondary N) is 2. The SMILES string of the molecule is CCOC(=O)c1c(Nc2ccc(Cl)cc2)oc(/C=N\NC(=O)c2c(-n3c(C)ccc3C)sc3c2CCCC3)c1Cl. The van der Waals surface area contributed by atoms with E-state index < -0.39 is 5.97 Å². The number of benzene rings is 1. The number of thiophene rings is 1. The number of esters is 1. The maximum absolute atomic E-state index is 13.5. The van der Waals surface area contributed by atoms with Gasteiger partial charge in [-0.1, -0.05) is 23.2 Å². The number of fused-ring (bicyclic) bond motifs is 1. The molecule has 0 saturated heterocycles. The van der Waals surface area contributed by atoms with E-state index in [1.165, 1.54) is 11.1 Å². The fraction of sp³-hybridized carbons (Fsp3) is 0.276. The van der Waals surface area contributed by atoms with Gasteiger partial charge in [-0.3, -0.25) is 4.79 Å². The molecule has 1 amide bonds. The van der Waals surface area contributed by atoms with Crippen LogP contribution in [0, 0.1) is 13.8 Å². The van der Waals surface area contributed by atoms with Crippen LogP contribution in [0.25, 0.3) is 5.00 Å². The second-order valence-electron chi connectivity index (χ2n) is 9.38. The highest BCUT2D eigenvalue weighted by Crippen LogP contribution is 2.38. The molecule has 0 radical (unpaired) electrons. The average Bonchev–Trinajstić information content (AvgIpc) is 3.57. The van der Waals surface area contributed by atoms with Crippen LogP contribution in [0.4, 0.5) is 11.6 Å². The van der Waals surface area contributed by atoms with Crippen molar-refractivity contribution < 1.29 is 18.7 Å². The number of anilines is 2. The third-order valence-corrected chi connectivity index (χ3v) is 8.56. The summed E-state index contributed by atoms with van der Waals surface area (Å²) in [6, 6.07) is 11.0. The van der Waals surface area contributed by atoms with E-state index in [9.17, 15) is 9.59 Å². The van der Waals surface area contributed by atoms with E-state index in [2.05, 4.69) is 20.4 Å². The normalized spacial score (nSPS) is 12.9. The molecule has 0 unspecified atom stereocenters. The quantitative estimate of drug-likeness (QED) is 0.123. The maximum atomic E-state index is 13.5. The number of carbonyl (C=O) groups is 2. The van der Waals surface area contributed by atoms with Crippen molar-refractivity contribution in [3.63, 3.8) is 0 Å². The highest BCUT2D eigenvalue weighted by Gasteiger charge is 2.28. The Balaban J connectivity index is 1.44. The Morgan fingerprint density at radius 3 is 2.48 bits per heavy atom. The zero-order chi connectivity index (χ0) is 28.4. The summed E-state index contributed by atoms with van der Waals surface area (Å²) in [5.74, 6) is -0.785. The van der Waals surface area contributed by atoms with Gasteiger partial charge in [0.25, 0.3) is 5.91 Å². The zero-order valence-electron chi connectivity index (χ0n) is 22.3. The van der Waals surface area contributed by atoms with Crippen molar-refractivity contribution in [2.45, 2.75) is 46.5 Å². The van der Waals surface area contributed by atoms with Crippen molar-refractivity contribution in [3.05, 3.63) is 85.2 Å². The Bertz CT molecular complexity index is 1580. The summed E-state index contributed by atoms with van der Waals surface area (Å²) >= 11 is 14.2. The fourth-order valence-electron chi connectivity index (χ4n) is 4.79. The standard InChI is InChI=1S/C29H28Cl2N4O4S/c1-4-38-29(37)24-25(31)21(39-27(24)33-19-13-11-18(30)12-14-19)15-32-34-26(36)23-20-7-5-6-8-22(20)40-28(23)35-16(2)9-10-17(35)3/h9-15,33H,4-8H2,1-3H3,(H,34,36)/b32-15-. The minimum Gasteiger partial charge on any atom is -0.462 e. The van der Waals surface area contributed by atoms with Crippen molar-refractivity contribution in [1.82, 2.24) is 9.99 Å². The van der Waals surface area contributed by atoms with Crippen molar-refractivity contribution in [2.24, 2.45) is 5.10 Å². The van der Waals surface area contributed by atoms with Crippen LogP contribution in [0.5, 0.6) is 0 Å². The molecule has 0 bridgehead atoms. The highest BCUT2D eigenvalue weighted by atomic mass is 35.5. The van der Waals surface area contributed by atoms with Crippen LogP contribution in [0.2, 0.25) is 10.0 Å². The van der Waals surface area contributed by atoms with E-state index in [1.54, 1.807) is 42.5 Å². The van der Waals surface area contributed by atoms with E-state index >= 15 is 0 Å². The third kappa shape index (κ3) is 5.54. The maximum Gasteiger partial charge on any atom is 0.345 e. The van der Waals surface area contributed by atoms with Crippen molar-refractivity contribution in [3.8, 4) is 5.00 Å². The van der Waals surface area contributed by atoms with Gasteiger partial charge in [0.05, 0.1) is 18.4 Å². The summed E-state index contributed by atoms with van der Waals surface area (Å²) in [5, 5.41) is 8.65. The number of furan rings is 1. The number of nitrogens with zero attached hydrogens (tertiary/aromatic N) is 2. The molecule has 0 saturated carbocycles. The number of aryl methyl sites for hydroxylation is 3. The topological polar surface area (TPSA) is 97.9 Å². The summed E-state index contributed by atoms with van der Waals surface area (Å²) in [6.45, 7) is 5.92. The first-order valence-electron chi connectivity index (χ1n) is 12.9. The number of aromatic nitrogens is 1. The lowest BCUT2D eigenvalue weighted by Gasteiger charge is -2.13. The average molecular weight is 600 g/mol. The largest absolute Gasteiger partial charge is 0.462 e. The number of carbonyl (C=O) groups excluding carboxylic acids is 2. The van der Waals surface area contributed by atoms with Crippen LogP contribution in [-0.4, -0.2) is 29.3 Å². The van der Waals surface area contributed by atoms with Crippen LogP contribution in [0.1, 0.15) is 68.1 Å². The Morgan fingerprint density at radius 1 is 1.07 bits per heavy atom. The van der Waals surface area contributed by atoms with E-state index in [0.29, 0.717) is 16.3 Å². The van der Waals surface area contributed by atoms with Crippen molar-refractivity contribution in [1.29, 1.82) is 0 Å². The summed E-state index contributed by atoms with van der Waals surface area (Å²) in [4.78, 5) is 27.5. The highest BCUT2D eigenvalue weighted by molar-refractivity contribution is 7.15. The van der Waals surface area contributed by atoms with Crippen LogP contribution >= 0.6 is 34.5 Å². The number of hydrazone groups is 1. The molecule has 3 aromatic heterocycles. The summed E-state index contributed by atoms with van der Waals surface area (Å²) in [7, 11) is 0. The molecule has 8 nitrogen and oxygen atoms in total. The first-order chi connectivity index (χ1) is 19.3. The molecular weight excluding hydrogens is 571 g/mol. The molecule has 1 aliphatic carbocycles. The number of amides is 1. The van der Waals surface area contributed by atoms with Crippen LogP contribution in [0.15, 0.2) is 45.9 Å². The van der Waals surface area contributed by atoms with Crippen molar-refractivity contribution >= 4 is 64.2 Å². The van der Waals surface area contributed by atoms with E-state index in [4.69, 9.17) is 32.4 Å². The molecule has 0 spiro atoms. The Morgan fingerprint density at radius 2 is 1.77 bits per heavy atom. The molecule has 0 atom stereocenters. The van der Waals surface area contributed by atoms with Gasteiger partial charge in [-0.25, -0.2) is 10.2 Å².